The quantitative estimate of drug-likeness (QED) is 0.553. The molecular formula is C22H22Cl2FN2O+. The van der Waals surface area contributed by atoms with Crippen molar-refractivity contribution in [3.63, 3.8) is 0 Å². The van der Waals surface area contributed by atoms with Gasteiger partial charge in [0, 0.05) is 21.7 Å². The maximum Gasteiger partial charge on any atom is 0.351 e. The second-order valence-corrected chi connectivity index (χ2v) is 8.63. The van der Waals surface area contributed by atoms with E-state index in [0.717, 1.165) is 37.2 Å². The van der Waals surface area contributed by atoms with Crippen LogP contribution in [0.3, 0.4) is 0 Å². The first-order valence-electron chi connectivity index (χ1n) is 9.41. The standard InChI is InChI=1S/C22H22Cl2FN2O/c1-2-9-27(21(28)15-10-16(23)12-17(24)11-15)14-22(5-7-26-8-6-22)19-13-18(25)3-4-20(19)27/h2-4,10-13,26H,1,5-9,14H2/q+1. The summed E-state index contributed by atoms with van der Waals surface area (Å²) in [6, 6.07) is 9.72. The lowest BCUT2D eigenvalue weighted by Gasteiger charge is -2.36. The molecule has 4 rings (SSSR count). The van der Waals surface area contributed by atoms with Gasteiger partial charge in [-0.05, 0) is 62.3 Å². The number of rotatable bonds is 3. The van der Waals surface area contributed by atoms with Gasteiger partial charge in [-0.1, -0.05) is 29.8 Å². The fourth-order valence-electron chi connectivity index (χ4n) is 4.90. The van der Waals surface area contributed by atoms with Gasteiger partial charge in [0.1, 0.15) is 24.6 Å². The van der Waals surface area contributed by atoms with E-state index in [1.165, 1.54) is 6.07 Å². The maximum atomic E-state index is 14.2. The molecule has 1 spiro atoms. The Morgan fingerprint density at radius 1 is 1.18 bits per heavy atom. The number of hydrogen-bond donors (Lipinski definition) is 1. The van der Waals surface area contributed by atoms with E-state index in [1.807, 2.05) is 0 Å². The normalized spacial score (nSPS) is 22.8. The lowest BCUT2D eigenvalue weighted by atomic mass is 9.74. The number of nitrogens with zero attached hydrogens (tertiary/aromatic N) is 1. The van der Waals surface area contributed by atoms with Gasteiger partial charge in [0.15, 0.2) is 0 Å². The van der Waals surface area contributed by atoms with Crippen molar-refractivity contribution in [2.75, 3.05) is 26.2 Å². The molecule has 3 nitrogen and oxygen atoms in total. The van der Waals surface area contributed by atoms with Crippen molar-refractivity contribution in [3.8, 4) is 0 Å². The number of piperidine rings is 1. The fraction of sp³-hybridized carbons (Fsp3) is 0.318. The molecule has 1 N–H and O–H groups in total. The highest BCUT2D eigenvalue weighted by Crippen LogP contribution is 2.51. The predicted octanol–water partition coefficient (Wildman–Crippen LogP) is 5.10. The minimum Gasteiger partial charge on any atom is -0.317 e. The molecule has 1 unspecified atom stereocenters. The number of carbonyl (C=O) groups is 1. The average molecular weight is 420 g/mol. The molecule has 28 heavy (non-hydrogen) atoms. The Hall–Kier alpha value is -1.72. The van der Waals surface area contributed by atoms with Crippen LogP contribution in [-0.2, 0) is 5.41 Å². The highest BCUT2D eigenvalue weighted by atomic mass is 35.5. The van der Waals surface area contributed by atoms with Gasteiger partial charge in [-0.25, -0.2) is 13.7 Å². The van der Waals surface area contributed by atoms with Crippen LogP contribution in [0.4, 0.5) is 10.1 Å². The Morgan fingerprint density at radius 3 is 2.50 bits per heavy atom. The lowest BCUT2D eigenvalue weighted by molar-refractivity contribution is 0.0759. The number of amides is 1. The molecule has 6 heteroatoms. The number of benzene rings is 2. The maximum absolute atomic E-state index is 14.2. The van der Waals surface area contributed by atoms with Gasteiger partial charge in [-0.2, -0.15) is 0 Å². The summed E-state index contributed by atoms with van der Waals surface area (Å²) in [6.07, 6.45) is 3.49. The first kappa shape index (κ1) is 19.6. The van der Waals surface area contributed by atoms with Gasteiger partial charge >= 0.3 is 5.91 Å². The predicted molar refractivity (Wildman–Crippen MR) is 113 cm³/mol. The first-order valence-corrected chi connectivity index (χ1v) is 10.2. The zero-order valence-corrected chi connectivity index (χ0v) is 17.0. The summed E-state index contributed by atoms with van der Waals surface area (Å²) in [5.74, 6) is -0.360. The molecule has 1 atom stereocenters. The highest BCUT2D eigenvalue weighted by Gasteiger charge is 2.57. The Kier molecular flexibility index (Phi) is 5.09. The summed E-state index contributed by atoms with van der Waals surface area (Å²) in [5.41, 5.74) is 2.02. The monoisotopic (exact) mass is 419 g/mol. The largest absolute Gasteiger partial charge is 0.351 e. The fourth-order valence-corrected chi connectivity index (χ4v) is 5.42. The number of halogens is 3. The lowest BCUT2D eigenvalue weighted by Crippen LogP contribution is -2.57. The third-order valence-corrected chi connectivity index (χ3v) is 6.50. The van der Waals surface area contributed by atoms with Gasteiger partial charge in [-0.15, -0.1) is 0 Å². The van der Waals surface area contributed by atoms with Gasteiger partial charge in [-0.3, -0.25) is 0 Å². The van der Waals surface area contributed by atoms with E-state index in [2.05, 4.69) is 11.9 Å². The van der Waals surface area contributed by atoms with Crippen molar-refractivity contribution in [3.05, 3.63) is 76.0 Å². The summed E-state index contributed by atoms with van der Waals surface area (Å²) in [5, 5.41) is 4.21. The molecule has 2 aromatic rings. The molecule has 0 bridgehead atoms. The summed E-state index contributed by atoms with van der Waals surface area (Å²) in [7, 11) is 0. The van der Waals surface area contributed by atoms with Crippen LogP contribution in [-0.4, -0.2) is 32.1 Å². The van der Waals surface area contributed by atoms with Gasteiger partial charge in [0.05, 0.1) is 11.0 Å². The van der Waals surface area contributed by atoms with E-state index in [-0.39, 0.29) is 21.6 Å². The smallest absolute Gasteiger partial charge is 0.317 e. The molecule has 2 aromatic carbocycles. The van der Waals surface area contributed by atoms with Crippen molar-refractivity contribution in [2.24, 2.45) is 0 Å². The van der Waals surface area contributed by atoms with Crippen LogP contribution in [0.5, 0.6) is 0 Å². The SMILES string of the molecule is C=CC[N+]1(C(=O)c2cc(Cl)cc(Cl)c2)CC2(CCNCC2)c2cc(F)ccc21. The summed E-state index contributed by atoms with van der Waals surface area (Å²) >= 11 is 12.3. The molecule has 0 saturated carbocycles. The number of nitrogens with one attached hydrogen (secondary N) is 1. The molecule has 146 valence electrons. The second kappa shape index (κ2) is 7.27. The number of carbonyl (C=O) groups excluding carboxylic acids is 1. The van der Waals surface area contributed by atoms with Crippen molar-refractivity contribution in [2.45, 2.75) is 18.3 Å². The molecule has 2 heterocycles. The van der Waals surface area contributed by atoms with Crippen LogP contribution >= 0.6 is 23.2 Å². The molecule has 2 aliphatic heterocycles. The Labute approximate surface area is 174 Å². The van der Waals surface area contributed by atoms with Crippen molar-refractivity contribution in [1.29, 1.82) is 0 Å². The van der Waals surface area contributed by atoms with Crippen molar-refractivity contribution >= 4 is 34.8 Å². The van der Waals surface area contributed by atoms with E-state index in [0.29, 0.717) is 28.7 Å². The van der Waals surface area contributed by atoms with Crippen LogP contribution < -0.4 is 9.80 Å². The summed E-state index contributed by atoms with van der Waals surface area (Å²) < 4.78 is 14.3. The van der Waals surface area contributed by atoms with Crippen molar-refractivity contribution < 1.29 is 9.18 Å². The van der Waals surface area contributed by atoms with E-state index in [1.54, 1.807) is 36.4 Å². The zero-order chi connectivity index (χ0) is 19.9. The minimum atomic E-state index is -0.270. The van der Waals surface area contributed by atoms with E-state index >= 15 is 0 Å². The van der Waals surface area contributed by atoms with Crippen LogP contribution in [0.1, 0.15) is 28.8 Å². The van der Waals surface area contributed by atoms with Crippen LogP contribution in [0, 0.1) is 5.82 Å². The first-order chi connectivity index (χ1) is 13.4. The summed E-state index contributed by atoms with van der Waals surface area (Å²) in [4.78, 5) is 13.8. The molecule has 0 aromatic heterocycles. The highest BCUT2D eigenvalue weighted by molar-refractivity contribution is 6.35. The molecule has 1 fully saturated rings. The Bertz CT molecular complexity index is 935. The molecule has 0 aliphatic carbocycles. The molecular weight excluding hydrogens is 398 g/mol. The van der Waals surface area contributed by atoms with Crippen LogP contribution in [0.25, 0.3) is 0 Å². The number of fused-ring (bicyclic) bond motifs is 2. The van der Waals surface area contributed by atoms with Gasteiger partial charge in [0.25, 0.3) is 0 Å². The Morgan fingerprint density at radius 2 is 1.86 bits per heavy atom. The van der Waals surface area contributed by atoms with Gasteiger partial charge in [0.2, 0.25) is 0 Å². The number of quaternary nitrogens is 1. The van der Waals surface area contributed by atoms with E-state index in [9.17, 15) is 9.18 Å². The zero-order valence-electron chi connectivity index (χ0n) is 15.5. The van der Waals surface area contributed by atoms with Crippen LogP contribution in [0.15, 0.2) is 49.1 Å². The third kappa shape index (κ3) is 3.09. The number of hydrogen-bond acceptors (Lipinski definition) is 2. The van der Waals surface area contributed by atoms with Crippen LogP contribution in [0.2, 0.25) is 10.0 Å². The molecule has 0 radical (unpaired) electrons. The minimum absolute atomic E-state index is 0.0792. The van der Waals surface area contributed by atoms with E-state index in [4.69, 9.17) is 23.2 Å². The Balaban J connectivity index is 1.91. The third-order valence-electron chi connectivity index (χ3n) is 6.06. The summed E-state index contributed by atoms with van der Waals surface area (Å²) in [6.45, 7) is 6.61. The average Bonchev–Trinajstić information content (AvgIpc) is 2.91. The van der Waals surface area contributed by atoms with Crippen molar-refractivity contribution in [1.82, 2.24) is 9.80 Å². The molecule has 1 saturated heterocycles. The van der Waals surface area contributed by atoms with E-state index < -0.39 is 0 Å². The molecule has 1 amide bonds. The second-order valence-electron chi connectivity index (χ2n) is 7.75. The van der Waals surface area contributed by atoms with Gasteiger partial charge < -0.3 is 5.32 Å². The topological polar surface area (TPSA) is 29.1 Å². The molecule has 2 aliphatic rings.